The SMILES string of the molecule is Cc1ccc2nc(-c3ccc(NC(=O)CN4C(=O)SC(=Cc5ccc(F)cc5)C4=O)cc3)sc2c1. The van der Waals surface area contributed by atoms with Gasteiger partial charge in [-0.05, 0) is 84.4 Å². The highest BCUT2D eigenvalue weighted by Gasteiger charge is 2.36. The number of carbonyl (C=O) groups is 3. The van der Waals surface area contributed by atoms with Crippen molar-refractivity contribution in [1.82, 2.24) is 9.88 Å². The Hall–Kier alpha value is -3.82. The van der Waals surface area contributed by atoms with Gasteiger partial charge in [-0.25, -0.2) is 9.37 Å². The molecule has 0 unspecified atom stereocenters. The Labute approximate surface area is 208 Å². The van der Waals surface area contributed by atoms with Crippen molar-refractivity contribution in [3.8, 4) is 10.6 Å². The van der Waals surface area contributed by atoms with E-state index >= 15 is 0 Å². The molecule has 1 saturated heterocycles. The number of amides is 3. The van der Waals surface area contributed by atoms with E-state index in [1.165, 1.54) is 35.9 Å². The first-order valence-electron chi connectivity index (χ1n) is 10.6. The molecule has 9 heteroatoms. The van der Waals surface area contributed by atoms with Crippen molar-refractivity contribution in [2.75, 3.05) is 11.9 Å². The summed E-state index contributed by atoms with van der Waals surface area (Å²) in [7, 11) is 0. The highest BCUT2D eigenvalue weighted by Crippen LogP contribution is 2.33. The van der Waals surface area contributed by atoms with E-state index in [2.05, 4.69) is 16.4 Å². The fraction of sp³-hybridized carbons (Fsp3) is 0.0769. The van der Waals surface area contributed by atoms with Gasteiger partial charge in [0.2, 0.25) is 5.91 Å². The van der Waals surface area contributed by atoms with Crippen molar-refractivity contribution in [2.45, 2.75) is 6.92 Å². The van der Waals surface area contributed by atoms with Crippen LogP contribution in [0.1, 0.15) is 11.1 Å². The average molecular weight is 504 g/mol. The van der Waals surface area contributed by atoms with Crippen LogP contribution >= 0.6 is 23.1 Å². The van der Waals surface area contributed by atoms with E-state index in [9.17, 15) is 18.8 Å². The van der Waals surface area contributed by atoms with E-state index in [0.29, 0.717) is 11.3 Å². The van der Waals surface area contributed by atoms with Gasteiger partial charge in [-0.1, -0.05) is 18.2 Å². The molecular weight excluding hydrogens is 485 g/mol. The normalized spacial score (nSPS) is 14.8. The van der Waals surface area contributed by atoms with Gasteiger partial charge in [-0.15, -0.1) is 11.3 Å². The van der Waals surface area contributed by atoms with Crippen molar-refractivity contribution in [2.24, 2.45) is 0 Å². The fourth-order valence-electron chi connectivity index (χ4n) is 3.54. The maximum Gasteiger partial charge on any atom is 0.294 e. The molecule has 0 spiro atoms. The zero-order chi connectivity index (χ0) is 24.5. The van der Waals surface area contributed by atoms with E-state index in [0.717, 1.165) is 37.4 Å². The number of thioether (sulfide) groups is 1. The van der Waals surface area contributed by atoms with Crippen molar-refractivity contribution >= 4 is 62.1 Å². The minimum Gasteiger partial charge on any atom is -0.325 e. The van der Waals surface area contributed by atoms with E-state index in [1.54, 1.807) is 23.5 Å². The molecule has 0 bridgehead atoms. The third-order valence-corrected chi connectivity index (χ3v) is 7.28. The third kappa shape index (κ3) is 5.01. The molecule has 1 aromatic heterocycles. The predicted octanol–water partition coefficient (Wildman–Crippen LogP) is 6.09. The average Bonchev–Trinajstić information content (AvgIpc) is 3.37. The molecule has 1 aliphatic heterocycles. The number of fused-ring (bicyclic) bond motifs is 1. The highest BCUT2D eigenvalue weighted by atomic mass is 32.2. The summed E-state index contributed by atoms with van der Waals surface area (Å²) in [4.78, 5) is 43.2. The third-order valence-electron chi connectivity index (χ3n) is 5.30. The number of hydrogen-bond donors (Lipinski definition) is 1. The maximum atomic E-state index is 13.1. The Balaban J connectivity index is 1.24. The van der Waals surface area contributed by atoms with Gasteiger partial charge in [0.1, 0.15) is 17.4 Å². The number of anilines is 1. The molecule has 0 atom stereocenters. The lowest BCUT2D eigenvalue weighted by molar-refractivity contribution is -0.127. The number of imide groups is 1. The number of rotatable bonds is 5. The second-order valence-electron chi connectivity index (χ2n) is 7.94. The maximum absolute atomic E-state index is 13.1. The summed E-state index contributed by atoms with van der Waals surface area (Å²) in [6, 6.07) is 18.9. The molecule has 5 rings (SSSR count). The quantitative estimate of drug-likeness (QED) is 0.334. The Morgan fingerprint density at radius 3 is 2.54 bits per heavy atom. The molecule has 35 heavy (non-hydrogen) atoms. The zero-order valence-electron chi connectivity index (χ0n) is 18.4. The van der Waals surface area contributed by atoms with Gasteiger partial charge in [0, 0.05) is 11.3 Å². The Bertz CT molecular complexity index is 1490. The van der Waals surface area contributed by atoms with E-state index in [-0.39, 0.29) is 4.91 Å². The Morgan fingerprint density at radius 1 is 1.06 bits per heavy atom. The standard InChI is InChI=1S/C26H18FN3O3S2/c1-15-2-11-20-21(12-15)34-24(29-20)17-5-9-19(10-6-17)28-23(31)14-30-25(32)22(35-26(30)33)13-16-3-7-18(27)8-4-16/h2-13H,14H2,1H3,(H,28,31). The summed E-state index contributed by atoms with van der Waals surface area (Å²) >= 11 is 2.35. The molecule has 1 aliphatic rings. The first-order chi connectivity index (χ1) is 16.9. The van der Waals surface area contributed by atoms with Crippen molar-refractivity contribution in [3.63, 3.8) is 0 Å². The molecule has 2 heterocycles. The van der Waals surface area contributed by atoms with Gasteiger partial charge < -0.3 is 5.32 Å². The van der Waals surface area contributed by atoms with Crippen LogP contribution in [0, 0.1) is 12.7 Å². The van der Waals surface area contributed by atoms with Gasteiger partial charge in [0.25, 0.3) is 11.1 Å². The Morgan fingerprint density at radius 2 is 1.80 bits per heavy atom. The summed E-state index contributed by atoms with van der Waals surface area (Å²) in [5, 5.41) is 3.08. The van der Waals surface area contributed by atoms with Gasteiger partial charge in [-0.2, -0.15) is 0 Å². The molecule has 1 N–H and O–H groups in total. The van der Waals surface area contributed by atoms with Crippen LogP contribution < -0.4 is 5.32 Å². The summed E-state index contributed by atoms with van der Waals surface area (Å²) in [6.45, 7) is 1.64. The molecule has 174 valence electrons. The molecule has 1 fully saturated rings. The first kappa shape index (κ1) is 22.9. The fourth-order valence-corrected chi connectivity index (χ4v) is 5.45. The monoisotopic (exact) mass is 503 g/mol. The molecular formula is C26H18FN3O3S2. The number of hydrogen-bond acceptors (Lipinski definition) is 6. The van der Waals surface area contributed by atoms with Crippen LogP contribution in [0.3, 0.4) is 0 Å². The molecule has 6 nitrogen and oxygen atoms in total. The molecule has 0 radical (unpaired) electrons. The van der Waals surface area contributed by atoms with Crippen LogP contribution in [0.15, 0.2) is 71.6 Å². The van der Waals surface area contributed by atoms with Crippen molar-refractivity contribution in [3.05, 3.63) is 88.6 Å². The lowest BCUT2D eigenvalue weighted by Crippen LogP contribution is -2.36. The highest BCUT2D eigenvalue weighted by molar-refractivity contribution is 8.18. The van der Waals surface area contributed by atoms with E-state index in [1.807, 2.05) is 31.2 Å². The second kappa shape index (κ2) is 9.44. The molecule has 0 aliphatic carbocycles. The lowest BCUT2D eigenvalue weighted by atomic mass is 10.2. The number of aryl methyl sites for hydroxylation is 1. The second-order valence-corrected chi connectivity index (χ2v) is 9.96. The minimum atomic E-state index is -0.555. The van der Waals surface area contributed by atoms with Crippen LogP contribution in [0.4, 0.5) is 14.9 Å². The summed E-state index contributed by atoms with van der Waals surface area (Å²) in [6.07, 6.45) is 1.50. The van der Waals surface area contributed by atoms with Gasteiger partial charge >= 0.3 is 0 Å². The van der Waals surface area contributed by atoms with E-state index in [4.69, 9.17) is 0 Å². The van der Waals surface area contributed by atoms with Crippen LogP contribution in [-0.4, -0.2) is 33.5 Å². The predicted molar refractivity (Wildman–Crippen MR) is 137 cm³/mol. The van der Waals surface area contributed by atoms with E-state index < -0.39 is 29.4 Å². The molecule has 3 aromatic carbocycles. The first-order valence-corrected chi connectivity index (χ1v) is 12.3. The van der Waals surface area contributed by atoms with Crippen LogP contribution in [-0.2, 0) is 9.59 Å². The summed E-state index contributed by atoms with van der Waals surface area (Å²) < 4.78 is 14.2. The van der Waals surface area contributed by atoms with Crippen molar-refractivity contribution < 1.29 is 18.8 Å². The zero-order valence-corrected chi connectivity index (χ0v) is 20.1. The van der Waals surface area contributed by atoms with Crippen LogP contribution in [0.25, 0.3) is 26.9 Å². The number of carbonyl (C=O) groups excluding carboxylic acids is 3. The summed E-state index contributed by atoms with van der Waals surface area (Å²) in [5.41, 5.74) is 4.18. The summed E-state index contributed by atoms with van der Waals surface area (Å²) in [5.74, 6) is -1.44. The Kier molecular flexibility index (Phi) is 6.19. The number of nitrogens with one attached hydrogen (secondary N) is 1. The number of nitrogens with zero attached hydrogens (tertiary/aromatic N) is 2. The number of aromatic nitrogens is 1. The van der Waals surface area contributed by atoms with Gasteiger partial charge in [-0.3, -0.25) is 19.3 Å². The van der Waals surface area contributed by atoms with Crippen molar-refractivity contribution in [1.29, 1.82) is 0 Å². The van der Waals surface area contributed by atoms with Gasteiger partial charge in [0.05, 0.1) is 15.1 Å². The number of thiazole rings is 1. The molecule has 4 aromatic rings. The lowest BCUT2D eigenvalue weighted by Gasteiger charge is -2.12. The smallest absolute Gasteiger partial charge is 0.294 e. The topological polar surface area (TPSA) is 79.4 Å². The minimum absolute atomic E-state index is 0.185. The van der Waals surface area contributed by atoms with Gasteiger partial charge in [0.15, 0.2) is 0 Å². The van der Waals surface area contributed by atoms with Crippen LogP contribution in [0.5, 0.6) is 0 Å². The largest absolute Gasteiger partial charge is 0.325 e. The number of halogens is 1. The number of benzene rings is 3. The van der Waals surface area contributed by atoms with Crippen LogP contribution in [0.2, 0.25) is 0 Å². The molecule has 0 saturated carbocycles. The molecule has 3 amide bonds.